The Labute approximate surface area is 89.3 Å². The van der Waals surface area contributed by atoms with Crippen molar-refractivity contribution in [1.29, 1.82) is 0 Å². The lowest BCUT2D eigenvalue weighted by Crippen LogP contribution is -2.00. The molecular formula is C9H9BrO4. The molecule has 0 saturated heterocycles. The number of halogens is 1. The monoisotopic (exact) mass is 260 g/mol. The Bertz CT molecular complexity index is 362. The number of carboxylic acids is 1. The van der Waals surface area contributed by atoms with Crippen LogP contribution in [0.25, 0.3) is 0 Å². The van der Waals surface area contributed by atoms with Crippen LogP contribution in [0.5, 0.6) is 11.5 Å². The number of hydrogen-bond acceptors (Lipinski definition) is 3. The van der Waals surface area contributed by atoms with Gasteiger partial charge in [-0.3, -0.25) is 4.79 Å². The van der Waals surface area contributed by atoms with E-state index in [4.69, 9.17) is 9.84 Å². The van der Waals surface area contributed by atoms with Crippen LogP contribution in [-0.2, 0) is 11.2 Å². The van der Waals surface area contributed by atoms with Crippen LogP contribution in [-0.4, -0.2) is 23.3 Å². The van der Waals surface area contributed by atoms with Crippen molar-refractivity contribution in [2.24, 2.45) is 0 Å². The zero-order valence-corrected chi connectivity index (χ0v) is 9.04. The molecule has 5 heteroatoms. The topological polar surface area (TPSA) is 66.8 Å². The summed E-state index contributed by atoms with van der Waals surface area (Å²) in [5, 5.41) is 18.0. The fourth-order valence-corrected chi connectivity index (χ4v) is 1.54. The quantitative estimate of drug-likeness (QED) is 0.870. The highest BCUT2D eigenvalue weighted by Crippen LogP contribution is 2.32. The van der Waals surface area contributed by atoms with Crippen molar-refractivity contribution in [2.45, 2.75) is 6.42 Å². The summed E-state index contributed by atoms with van der Waals surface area (Å²) in [5.41, 5.74) is 0.331. The van der Waals surface area contributed by atoms with Crippen LogP contribution in [0.4, 0.5) is 0 Å². The van der Waals surface area contributed by atoms with Gasteiger partial charge in [-0.15, -0.1) is 0 Å². The zero-order valence-electron chi connectivity index (χ0n) is 7.45. The average Bonchev–Trinajstić information content (AvgIpc) is 2.09. The van der Waals surface area contributed by atoms with E-state index in [0.717, 1.165) is 0 Å². The van der Waals surface area contributed by atoms with Crippen molar-refractivity contribution in [3.8, 4) is 11.5 Å². The van der Waals surface area contributed by atoms with Gasteiger partial charge in [0.2, 0.25) is 0 Å². The van der Waals surface area contributed by atoms with E-state index in [0.29, 0.717) is 15.8 Å². The van der Waals surface area contributed by atoms with Crippen LogP contribution >= 0.6 is 15.9 Å². The zero-order chi connectivity index (χ0) is 10.7. The maximum Gasteiger partial charge on any atom is 0.307 e. The first kappa shape index (κ1) is 10.8. The van der Waals surface area contributed by atoms with Gasteiger partial charge in [0.25, 0.3) is 0 Å². The van der Waals surface area contributed by atoms with E-state index in [9.17, 15) is 9.90 Å². The largest absolute Gasteiger partial charge is 0.508 e. The van der Waals surface area contributed by atoms with E-state index in [1.54, 1.807) is 0 Å². The molecule has 1 aromatic carbocycles. The van der Waals surface area contributed by atoms with Crippen LogP contribution in [0.3, 0.4) is 0 Å². The number of aliphatic carboxylic acids is 1. The maximum absolute atomic E-state index is 10.4. The summed E-state index contributed by atoms with van der Waals surface area (Å²) < 4.78 is 5.56. The lowest BCUT2D eigenvalue weighted by molar-refractivity contribution is -0.136. The third kappa shape index (κ3) is 2.38. The van der Waals surface area contributed by atoms with Crippen molar-refractivity contribution < 1.29 is 19.7 Å². The molecular weight excluding hydrogens is 252 g/mol. The van der Waals surface area contributed by atoms with Gasteiger partial charge in [0, 0.05) is 5.56 Å². The van der Waals surface area contributed by atoms with Gasteiger partial charge >= 0.3 is 5.97 Å². The molecule has 0 spiro atoms. The van der Waals surface area contributed by atoms with Crippen molar-refractivity contribution in [3.63, 3.8) is 0 Å². The summed E-state index contributed by atoms with van der Waals surface area (Å²) in [7, 11) is 1.47. The minimum Gasteiger partial charge on any atom is -0.508 e. The number of carboxylic acid groups (broad SMARTS) is 1. The summed E-state index contributed by atoms with van der Waals surface area (Å²) in [6.07, 6.45) is -0.227. The Morgan fingerprint density at radius 1 is 1.57 bits per heavy atom. The molecule has 0 saturated carbocycles. The second-order valence-corrected chi connectivity index (χ2v) is 3.54. The summed E-state index contributed by atoms with van der Waals surface area (Å²) >= 11 is 3.18. The molecule has 0 unspecified atom stereocenters. The maximum atomic E-state index is 10.4. The SMILES string of the molecule is COc1cc(CC(=O)O)c(O)cc1Br. The number of methoxy groups -OCH3 is 1. The predicted molar refractivity (Wildman–Crippen MR) is 53.7 cm³/mol. The van der Waals surface area contributed by atoms with Crippen LogP contribution < -0.4 is 4.74 Å². The van der Waals surface area contributed by atoms with Crippen LogP contribution in [0.2, 0.25) is 0 Å². The van der Waals surface area contributed by atoms with E-state index in [1.165, 1.54) is 19.2 Å². The molecule has 0 aliphatic rings. The lowest BCUT2D eigenvalue weighted by Gasteiger charge is -2.07. The molecule has 1 aromatic rings. The number of phenols is 1. The second kappa shape index (κ2) is 4.32. The number of ether oxygens (including phenoxy) is 1. The first-order valence-electron chi connectivity index (χ1n) is 3.81. The standard InChI is InChI=1S/C9H9BrO4/c1-14-8-2-5(3-9(12)13)7(11)4-6(8)10/h2,4,11H,3H2,1H3,(H,12,13). The molecule has 0 radical (unpaired) electrons. The molecule has 0 fully saturated rings. The molecule has 0 amide bonds. The Kier molecular flexibility index (Phi) is 3.35. The molecule has 1 rings (SSSR count). The van der Waals surface area contributed by atoms with Gasteiger partial charge < -0.3 is 14.9 Å². The van der Waals surface area contributed by atoms with Gasteiger partial charge in [-0.05, 0) is 28.1 Å². The highest BCUT2D eigenvalue weighted by Gasteiger charge is 2.10. The van der Waals surface area contributed by atoms with E-state index in [-0.39, 0.29) is 12.2 Å². The Morgan fingerprint density at radius 2 is 2.21 bits per heavy atom. The minimum atomic E-state index is -0.996. The van der Waals surface area contributed by atoms with E-state index in [2.05, 4.69) is 15.9 Å². The van der Waals surface area contributed by atoms with Gasteiger partial charge in [-0.1, -0.05) is 0 Å². The van der Waals surface area contributed by atoms with Gasteiger partial charge in [-0.25, -0.2) is 0 Å². The average molecular weight is 261 g/mol. The normalized spacial score (nSPS) is 9.86. The third-order valence-corrected chi connectivity index (χ3v) is 2.31. The van der Waals surface area contributed by atoms with Gasteiger partial charge in [0.05, 0.1) is 18.0 Å². The fourth-order valence-electron chi connectivity index (χ4n) is 1.05. The number of benzene rings is 1. The first-order chi connectivity index (χ1) is 6.54. The van der Waals surface area contributed by atoms with E-state index < -0.39 is 5.97 Å². The van der Waals surface area contributed by atoms with E-state index in [1.807, 2.05) is 0 Å². The molecule has 0 aliphatic heterocycles. The molecule has 0 aliphatic carbocycles. The van der Waals surface area contributed by atoms with Crippen molar-refractivity contribution in [1.82, 2.24) is 0 Å². The summed E-state index contributed by atoms with van der Waals surface area (Å²) in [6.45, 7) is 0. The highest BCUT2D eigenvalue weighted by molar-refractivity contribution is 9.10. The van der Waals surface area contributed by atoms with Gasteiger partial charge in [-0.2, -0.15) is 0 Å². The van der Waals surface area contributed by atoms with E-state index >= 15 is 0 Å². The number of aromatic hydroxyl groups is 1. The predicted octanol–water partition coefficient (Wildman–Crippen LogP) is 1.79. The van der Waals surface area contributed by atoms with Crippen LogP contribution in [0.1, 0.15) is 5.56 Å². The lowest BCUT2D eigenvalue weighted by atomic mass is 10.1. The van der Waals surface area contributed by atoms with Crippen LogP contribution in [0, 0.1) is 0 Å². The molecule has 0 heterocycles. The molecule has 76 valence electrons. The van der Waals surface area contributed by atoms with Gasteiger partial charge in [0.15, 0.2) is 0 Å². The number of carbonyl (C=O) groups is 1. The number of phenolic OH excluding ortho intramolecular Hbond substituents is 1. The Balaban J connectivity index is 3.10. The molecule has 0 atom stereocenters. The number of rotatable bonds is 3. The van der Waals surface area contributed by atoms with Crippen molar-refractivity contribution in [2.75, 3.05) is 7.11 Å². The fraction of sp³-hybridized carbons (Fsp3) is 0.222. The Hall–Kier alpha value is -1.23. The minimum absolute atomic E-state index is 0.0555. The molecule has 0 bridgehead atoms. The smallest absolute Gasteiger partial charge is 0.307 e. The van der Waals surface area contributed by atoms with Crippen molar-refractivity contribution >= 4 is 21.9 Å². The summed E-state index contributed by atoms with van der Waals surface area (Å²) in [5.74, 6) is -0.552. The molecule has 0 aromatic heterocycles. The second-order valence-electron chi connectivity index (χ2n) is 2.69. The molecule has 14 heavy (non-hydrogen) atoms. The van der Waals surface area contributed by atoms with Crippen LogP contribution in [0.15, 0.2) is 16.6 Å². The number of hydrogen-bond donors (Lipinski definition) is 2. The third-order valence-electron chi connectivity index (χ3n) is 1.69. The van der Waals surface area contributed by atoms with Crippen molar-refractivity contribution in [3.05, 3.63) is 22.2 Å². The summed E-state index contributed by atoms with van der Waals surface area (Å²) in [4.78, 5) is 10.4. The van der Waals surface area contributed by atoms with Gasteiger partial charge in [0.1, 0.15) is 11.5 Å². The Morgan fingerprint density at radius 3 is 2.71 bits per heavy atom. The molecule has 2 N–H and O–H groups in total. The first-order valence-corrected chi connectivity index (χ1v) is 4.61. The highest BCUT2D eigenvalue weighted by atomic mass is 79.9. The molecule has 4 nitrogen and oxygen atoms in total. The summed E-state index contributed by atoms with van der Waals surface area (Å²) in [6, 6.07) is 2.91.